The number of aliphatic hydroxyl groups excluding tert-OH is 2. The van der Waals surface area contributed by atoms with Crippen LogP contribution < -0.4 is 16.3 Å². The molecule has 5 heterocycles. The molecule has 0 aliphatic carbocycles. The summed E-state index contributed by atoms with van der Waals surface area (Å²) in [5.74, 6) is 1.21. The molecule has 3 aromatic rings. The Kier molecular flexibility index (Phi) is 8.14. The van der Waals surface area contributed by atoms with Crippen LogP contribution in [-0.2, 0) is 9.47 Å². The van der Waals surface area contributed by atoms with Crippen LogP contribution in [-0.4, -0.2) is 77.8 Å². The van der Waals surface area contributed by atoms with E-state index in [4.69, 9.17) is 9.47 Å². The molecule has 2 aliphatic heterocycles. The van der Waals surface area contributed by atoms with Crippen molar-refractivity contribution in [1.29, 1.82) is 0 Å². The molecular formula is C23H34N8O5. The smallest absolute Gasteiger partial charge is 0.351 e. The first-order chi connectivity index (χ1) is 17.4. The van der Waals surface area contributed by atoms with E-state index in [9.17, 15) is 15.0 Å². The fourth-order valence-electron chi connectivity index (χ4n) is 4.52. The van der Waals surface area contributed by atoms with Crippen molar-refractivity contribution >= 4 is 22.8 Å². The Labute approximate surface area is 208 Å². The lowest BCUT2D eigenvalue weighted by Crippen LogP contribution is -2.27. The summed E-state index contributed by atoms with van der Waals surface area (Å²) in [6, 6.07) is 1.70. The van der Waals surface area contributed by atoms with Gasteiger partial charge in [0.05, 0.1) is 30.7 Å². The summed E-state index contributed by atoms with van der Waals surface area (Å²) in [5, 5.41) is 25.5. The minimum atomic E-state index is -0.513. The van der Waals surface area contributed by atoms with E-state index in [-0.39, 0.29) is 24.1 Å². The molecule has 13 nitrogen and oxygen atoms in total. The molecule has 0 bridgehead atoms. The van der Waals surface area contributed by atoms with Gasteiger partial charge in [-0.2, -0.15) is 4.98 Å². The minimum absolute atomic E-state index is 0.118. The summed E-state index contributed by atoms with van der Waals surface area (Å²) >= 11 is 0. The van der Waals surface area contributed by atoms with Gasteiger partial charge in [0.15, 0.2) is 11.5 Å². The fraction of sp³-hybridized carbons (Fsp3) is 0.609. The van der Waals surface area contributed by atoms with Crippen molar-refractivity contribution in [2.45, 2.75) is 76.4 Å². The predicted molar refractivity (Wildman–Crippen MR) is 133 cm³/mol. The third-order valence-electron chi connectivity index (χ3n) is 6.52. The third kappa shape index (κ3) is 5.19. The quantitative estimate of drug-likeness (QED) is 0.384. The van der Waals surface area contributed by atoms with E-state index in [0.717, 1.165) is 12.8 Å². The van der Waals surface area contributed by atoms with Crippen molar-refractivity contribution in [2.75, 3.05) is 24.7 Å². The summed E-state index contributed by atoms with van der Waals surface area (Å²) < 4.78 is 14.7. The van der Waals surface area contributed by atoms with Crippen LogP contribution in [0.2, 0.25) is 0 Å². The van der Waals surface area contributed by atoms with E-state index < -0.39 is 18.4 Å². The maximum atomic E-state index is 11.7. The molecular weight excluding hydrogens is 468 g/mol. The van der Waals surface area contributed by atoms with Crippen LogP contribution in [0.25, 0.3) is 11.2 Å². The maximum absolute atomic E-state index is 11.7. The van der Waals surface area contributed by atoms with Gasteiger partial charge in [0.2, 0.25) is 0 Å². The van der Waals surface area contributed by atoms with Crippen molar-refractivity contribution in [3.63, 3.8) is 0 Å². The van der Waals surface area contributed by atoms with Gasteiger partial charge < -0.3 is 30.3 Å². The number of aromatic nitrogens is 6. The van der Waals surface area contributed by atoms with Crippen LogP contribution in [0.3, 0.4) is 0 Å². The van der Waals surface area contributed by atoms with E-state index in [1.54, 1.807) is 32.7 Å². The molecule has 36 heavy (non-hydrogen) atoms. The first kappa shape index (κ1) is 25.9. The van der Waals surface area contributed by atoms with Crippen molar-refractivity contribution in [3.05, 3.63) is 35.4 Å². The molecule has 3 aromatic heterocycles. The van der Waals surface area contributed by atoms with Gasteiger partial charge >= 0.3 is 5.69 Å². The van der Waals surface area contributed by atoms with Crippen LogP contribution in [0.4, 0.5) is 11.6 Å². The lowest BCUT2D eigenvalue weighted by Gasteiger charge is -2.14. The van der Waals surface area contributed by atoms with Crippen LogP contribution in [0.5, 0.6) is 0 Å². The topological polar surface area (TPSA) is 161 Å². The van der Waals surface area contributed by atoms with Gasteiger partial charge in [-0.05, 0) is 18.9 Å². The Morgan fingerprint density at radius 1 is 0.972 bits per heavy atom. The summed E-state index contributed by atoms with van der Waals surface area (Å²) in [6.45, 7) is 3.95. The number of aliphatic hydroxyl groups is 2. The zero-order chi connectivity index (χ0) is 25.8. The Balaban J connectivity index is 0.000000170. The normalized spacial score (nSPS) is 27.6. The van der Waals surface area contributed by atoms with E-state index in [2.05, 4.69) is 30.6 Å². The highest BCUT2D eigenvalue weighted by Gasteiger charge is 2.35. The van der Waals surface area contributed by atoms with E-state index >= 15 is 0 Å². The molecule has 5 rings (SSSR count). The molecule has 4 N–H and O–H groups in total. The first-order valence-electron chi connectivity index (χ1n) is 12.2. The van der Waals surface area contributed by atoms with Crippen LogP contribution in [0, 0.1) is 0 Å². The molecule has 2 unspecified atom stereocenters. The van der Waals surface area contributed by atoms with Crippen molar-refractivity contribution in [1.82, 2.24) is 29.1 Å². The van der Waals surface area contributed by atoms with E-state index in [1.165, 1.54) is 10.9 Å². The van der Waals surface area contributed by atoms with Crippen LogP contribution in [0.1, 0.15) is 52.0 Å². The Morgan fingerprint density at radius 2 is 1.61 bits per heavy atom. The second kappa shape index (κ2) is 11.3. The van der Waals surface area contributed by atoms with Gasteiger partial charge in [0.1, 0.15) is 30.1 Å². The van der Waals surface area contributed by atoms with Gasteiger partial charge in [-0.25, -0.2) is 19.7 Å². The number of nitrogens with zero attached hydrogens (tertiary/aromatic N) is 6. The lowest BCUT2D eigenvalue weighted by molar-refractivity contribution is -0.0216. The summed E-state index contributed by atoms with van der Waals surface area (Å²) in [4.78, 5) is 28.3. The summed E-state index contributed by atoms with van der Waals surface area (Å²) in [6.07, 6.45) is 5.44. The number of imidazole rings is 1. The molecule has 0 spiro atoms. The minimum Gasteiger partial charge on any atom is -0.390 e. The molecule has 2 fully saturated rings. The average molecular weight is 503 g/mol. The number of rotatable bonds is 6. The molecule has 2 saturated heterocycles. The highest BCUT2D eigenvalue weighted by Crippen LogP contribution is 2.32. The standard InChI is InChI=1S/C12H17N5O2.C11H17N3O3/c1-3-8-7(18)4-9(19-8)17-6-16-10-11(13-2)14-5-15-12(10)17;1-3-8-7(15)6-10(17-8)14-5-4-9(12-2)13-11(14)16/h5-9,18H,3-4H2,1-2H3,(H,13,14,15);4-5,7-8,10,15H,3,6H2,1-2H3,(H,12,13,16)/t7?,8-,9-;7?,8-,10-/m11/s1. The third-order valence-corrected chi connectivity index (χ3v) is 6.52. The molecule has 0 radical (unpaired) electrons. The zero-order valence-electron chi connectivity index (χ0n) is 20.9. The van der Waals surface area contributed by atoms with Gasteiger partial charge in [-0.1, -0.05) is 13.8 Å². The molecule has 0 saturated carbocycles. The predicted octanol–water partition coefficient (Wildman–Crippen LogP) is 1.27. The monoisotopic (exact) mass is 502 g/mol. The number of hydrogen-bond acceptors (Lipinski definition) is 11. The van der Waals surface area contributed by atoms with Crippen molar-refractivity contribution < 1.29 is 19.7 Å². The fourth-order valence-corrected chi connectivity index (χ4v) is 4.52. The number of anilines is 2. The molecule has 2 aliphatic rings. The molecule has 0 amide bonds. The van der Waals surface area contributed by atoms with Crippen molar-refractivity contribution in [2.24, 2.45) is 0 Å². The summed E-state index contributed by atoms with van der Waals surface area (Å²) in [5.41, 5.74) is 1.06. The molecule has 196 valence electrons. The van der Waals surface area contributed by atoms with Gasteiger partial charge in [0, 0.05) is 33.1 Å². The number of fused-ring (bicyclic) bond motifs is 1. The molecule has 6 atom stereocenters. The van der Waals surface area contributed by atoms with Crippen molar-refractivity contribution in [3.8, 4) is 0 Å². The molecule has 13 heteroatoms. The van der Waals surface area contributed by atoms with E-state index in [1.807, 2.05) is 18.4 Å². The second-order valence-electron chi connectivity index (χ2n) is 8.73. The van der Waals surface area contributed by atoms with Gasteiger partial charge in [0.25, 0.3) is 0 Å². The summed E-state index contributed by atoms with van der Waals surface area (Å²) in [7, 11) is 3.50. The highest BCUT2D eigenvalue weighted by molar-refractivity contribution is 5.82. The zero-order valence-corrected chi connectivity index (χ0v) is 20.9. The maximum Gasteiger partial charge on any atom is 0.351 e. The van der Waals surface area contributed by atoms with Crippen LogP contribution >= 0.6 is 0 Å². The SMILES string of the molecule is CC[C@H]1O[C@@H](n2ccc(NC)nc2=O)CC1O.CC[C@H]1O[C@@H](n2cnc3c(NC)ncnc32)CC1O. The van der Waals surface area contributed by atoms with Gasteiger partial charge in [-0.15, -0.1) is 0 Å². The largest absolute Gasteiger partial charge is 0.390 e. The molecule has 0 aromatic carbocycles. The number of hydrogen-bond donors (Lipinski definition) is 4. The number of nitrogens with one attached hydrogen (secondary N) is 2. The first-order valence-corrected chi connectivity index (χ1v) is 12.2. The lowest BCUT2D eigenvalue weighted by atomic mass is 10.1. The Hall–Kier alpha value is -3.13. The second-order valence-corrected chi connectivity index (χ2v) is 8.73. The highest BCUT2D eigenvalue weighted by atomic mass is 16.5. The van der Waals surface area contributed by atoms with Crippen LogP contribution in [0.15, 0.2) is 29.7 Å². The number of ether oxygens (including phenoxy) is 2. The van der Waals surface area contributed by atoms with Gasteiger partial charge in [-0.3, -0.25) is 9.13 Å². The average Bonchev–Trinajstić information content (AvgIpc) is 3.59. The van der Waals surface area contributed by atoms with E-state index in [0.29, 0.717) is 35.6 Å². The Bertz CT molecular complexity index is 1220. The Morgan fingerprint density at radius 3 is 2.14 bits per heavy atom.